The first kappa shape index (κ1) is 13.1. The van der Waals surface area contributed by atoms with E-state index in [1.165, 1.54) is 56.4 Å². The van der Waals surface area contributed by atoms with Gasteiger partial charge in [0.25, 0.3) is 0 Å². The van der Waals surface area contributed by atoms with E-state index in [0.717, 1.165) is 18.5 Å². The molecule has 1 atom stereocenters. The average Bonchev–Trinajstić information content (AvgIpc) is 3.21. The molecule has 0 amide bonds. The van der Waals surface area contributed by atoms with Crippen LogP contribution in [0.5, 0.6) is 0 Å². The highest BCUT2D eigenvalue weighted by Gasteiger charge is 2.24. The molecular weight excluding hydrogens is 232 g/mol. The van der Waals surface area contributed by atoms with Gasteiger partial charge in [-0.3, -0.25) is 4.90 Å². The molecular formula is C17H26N2. The molecule has 2 fully saturated rings. The Labute approximate surface area is 117 Å². The Morgan fingerprint density at radius 3 is 2.95 bits per heavy atom. The number of aryl methyl sites for hydroxylation is 1. The van der Waals surface area contributed by atoms with Gasteiger partial charge in [0.2, 0.25) is 0 Å². The van der Waals surface area contributed by atoms with Crippen LogP contribution in [-0.2, 0) is 6.54 Å². The first-order chi connectivity index (χ1) is 9.29. The van der Waals surface area contributed by atoms with Crippen LogP contribution in [0.4, 0.5) is 0 Å². The zero-order valence-corrected chi connectivity index (χ0v) is 12.1. The maximum absolute atomic E-state index is 3.77. The van der Waals surface area contributed by atoms with E-state index in [4.69, 9.17) is 0 Å². The highest BCUT2D eigenvalue weighted by molar-refractivity contribution is 5.22. The van der Waals surface area contributed by atoms with Crippen molar-refractivity contribution >= 4 is 0 Å². The minimum absolute atomic E-state index is 0.721. The summed E-state index contributed by atoms with van der Waals surface area (Å²) in [5.74, 6) is 0.993. The molecule has 1 unspecified atom stereocenters. The van der Waals surface area contributed by atoms with Gasteiger partial charge in [0.05, 0.1) is 0 Å². The third-order valence-corrected chi connectivity index (χ3v) is 4.39. The minimum Gasteiger partial charge on any atom is -0.312 e. The van der Waals surface area contributed by atoms with Crippen LogP contribution in [0.25, 0.3) is 0 Å². The molecule has 1 aliphatic carbocycles. The molecule has 104 valence electrons. The summed E-state index contributed by atoms with van der Waals surface area (Å²) in [6, 6.07) is 9.66. The Morgan fingerprint density at radius 2 is 2.16 bits per heavy atom. The number of rotatable bonds is 5. The summed E-state index contributed by atoms with van der Waals surface area (Å²) in [5, 5.41) is 3.77. The van der Waals surface area contributed by atoms with Crippen molar-refractivity contribution in [2.75, 3.05) is 19.6 Å². The van der Waals surface area contributed by atoms with E-state index in [1.54, 1.807) is 0 Å². The van der Waals surface area contributed by atoms with Gasteiger partial charge in [-0.15, -0.1) is 0 Å². The maximum Gasteiger partial charge on any atom is 0.0234 e. The Hall–Kier alpha value is -0.860. The normalized spacial score (nSPS) is 24.6. The average molecular weight is 258 g/mol. The molecule has 1 aromatic rings. The number of hydrogen-bond acceptors (Lipinski definition) is 2. The number of benzene rings is 1. The van der Waals surface area contributed by atoms with E-state index in [2.05, 4.69) is 41.4 Å². The summed E-state index contributed by atoms with van der Waals surface area (Å²) in [6.45, 7) is 7.03. The van der Waals surface area contributed by atoms with Crippen LogP contribution in [0.1, 0.15) is 36.8 Å². The smallest absolute Gasteiger partial charge is 0.0234 e. The fraction of sp³-hybridized carbons (Fsp3) is 0.647. The van der Waals surface area contributed by atoms with Crippen LogP contribution in [0.15, 0.2) is 24.3 Å². The van der Waals surface area contributed by atoms with Crippen LogP contribution in [-0.4, -0.2) is 30.6 Å². The molecule has 0 bridgehead atoms. The number of likely N-dealkylation sites (tertiary alicyclic amines) is 1. The third kappa shape index (κ3) is 4.05. The summed E-state index contributed by atoms with van der Waals surface area (Å²) in [6.07, 6.45) is 5.60. The molecule has 1 saturated heterocycles. The molecule has 2 heteroatoms. The van der Waals surface area contributed by atoms with Crippen molar-refractivity contribution in [1.82, 2.24) is 10.2 Å². The van der Waals surface area contributed by atoms with Crippen molar-refractivity contribution < 1.29 is 0 Å². The molecule has 2 aliphatic rings. The van der Waals surface area contributed by atoms with Crippen molar-refractivity contribution in [3.63, 3.8) is 0 Å². The van der Waals surface area contributed by atoms with Crippen molar-refractivity contribution in [2.24, 2.45) is 5.92 Å². The van der Waals surface area contributed by atoms with E-state index in [-0.39, 0.29) is 0 Å². The Morgan fingerprint density at radius 1 is 1.26 bits per heavy atom. The second-order valence-electron chi connectivity index (χ2n) is 6.41. The molecule has 0 aromatic heterocycles. The van der Waals surface area contributed by atoms with E-state index in [1.807, 2.05) is 0 Å². The van der Waals surface area contributed by atoms with Gasteiger partial charge >= 0.3 is 0 Å². The molecule has 19 heavy (non-hydrogen) atoms. The lowest BCUT2D eigenvalue weighted by molar-refractivity contribution is 0.183. The molecule has 2 nitrogen and oxygen atoms in total. The highest BCUT2D eigenvalue weighted by Crippen LogP contribution is 2.28. The van der Waals surface area contributed by atoms with Crippen molar-refractivity contribution in [2.45, 2.75) is 45.2 Å². The van der Waals surface area contributed by atoms with E-state index in [9.17, 15) is 0 Å². The minimum atomic E-state index is 0.721. The lowest BCUT2D eigenvalue weighted by Gasteiger charge is -2.33. The topological polar surface area (TPSA) is 15.3 Å². The number of nitrogens with one attached hydrogen (secondary N) is 1. The second kappa shape index (κ2) is 6.06. The van der Waals surface area contributed by atoms with Crippen LogP contribution in [0.3, 0.4) is 0 Å². The second-order valence-corrected chi connectivity index (χ2v) is 6.41. The van der Waals surface area contributed by atoms with Crippen molar-refractivity contribution in [1.29, 1.82) is 0 Å². The number of piperidine rings is 1. The largest absolute Gasteiger partial charge is 0.312 e. The summed E-state index contributed by atoms with van der Waals surface area (Å²) in [7, 11) is 0. The third-order valence-electron chi connectivity index (χ3n) is 4.39. The maximum atomic E-state index is 3.77. The fourth-order valence-corrected chi connectivity index (χ4v) is 3.09. The highest BCUT2D eigenvalue weighted by atomic mass is 15.2. The lowest BCUT2D eigenvalue weighted by Crippen LogP contribution is -2.45. The van der Waals surface area contributed by atoms with Gasteiger partial charge in [0.15, 0.2) is 0 Å². The van der Waals surface area contributed by atoms with Gasteiger partial charge in [0, 0.05) is 19.1 Å². The predicted molar refractivity (Wildman–Crippen MR) is 80.2 cm³/mol. The quantitative estimate of drug-likeness (QED) is 0.873. The first-order valence-corrected chi connectivity index (χ1v) is 7.81. The lowest BCUT2D eigenvalue weighted by atomic mass is 10.0. The monoisotopic (exact) mass is 258 g/mol. The van der Waals surface area contributed by atoms with Gasteiger partial charge in [-0.2, -0.15) is 0 Å². The molecule has 1 N–H and O–H groups in total. The molecule has 1 saturated carbocycles. The number of hydrogen-bond donors (Lipinski definition) is 1. The predicted octanol–water partition coefficient (Wildman–Crippen LogP) is 2.96. The zero-order chi connectivity index (χ0) is 13.1. The zero-order valence-electron chi connectivity index (χ0n) is 12.1. The van der Waals surface area contributed by atoms with Gasteiger partial charge < -0.3 is 5.32 Å². The SMILES string of the molecule is Cc1cccc(CN2CCCC(NCC3CC3)C2)c1. The van der Waals surface area contributed by atoms with Crippen molar-refractivity contribution in [3.8, 4) is 0 Å². The molecule has 0 radical (unpaired) electrons. The van der Waals surface area contributed by atoms with E-state index in [0.29, 0.717) is 0 Å². The Kier molecular flexibility index (Phi) is 4.19. The summed E-state index contributed by atoms with van der Waals surface area (Å²) in [4.78, 5) is 2.61. The molecule has 1 heterocycles. The number of nitrogens with zero attached hydrogens (tertiary/aromatic N) is 1. The molecule has 0 spiro atoms. The van der Waals surface area contributed by atoms with Gasteiger partial charge in [-0.05, 0) is 57.2 Å². The van der Waals surface area contributed by atoms with Crippen LogP contribution < -0.4 is 5.32 Å². The summed E-state index contributed by atoms with van der Waals surface area (Å²) >= 11 is 0. The Bertz CT molecular complexity index is 411. The molecule has 1 aromatic carbocycles. The Balaban J connectivity index is 1.49. The standard InChI is InChI=1S/C17H26N2/c1-14-4-2-5-16(10-14)12-19-9-3-6-17(13-19)18-11-15-7-8-15/h2,4-5,10,15,17-18H,3,6-9,11-13H2,1H3. The summed E-state index contributed by atoms with van der Waals surface area (Å²) < 4.78 is 0. The van der Waals surface area contributed by atoms with Crippen LogP contribution in [0, 0.1) is 12.8 Å². The van der Waals surface area contributed by atoms with E-state index < -0.39 is 0 Å². The van der Waals surface area contributed by atoms with E-state index >= 15 is 0 Å². The fourth-order valence-electron chi connectivity index (χ4n) is 3.09. The van der Waals surface area contributed by atoms with Gasteiger partial charge in [-0.25, -0.2) is 0 Å². The van der Waals surface area contributed by atoms with Crippen molar-refractivity contribution in [3.05, 3.63) is 35.4 Å². The summed E-state index contributed by atoms with van der Waals surface area (Å²) in [5.41, 5.74) is 2.83. The van der Waals surface area contributed by atoms with Crippen LogP contribution in [0.2, 0.25) is 0 Å². The van der Waals surface area contributed by atoms with Gasteiger partial charge in [0.1, 0.15) is 0 Å². The van der Waals surface area contributed by atoms with Gasteiger partial charge in [-0.1, -0.05) is 29.8 Å². The molecule has 1 aliphatic heterocycles. The molecule has 3 rings (SSSR count). The first-order valence-electron chi connectivity index (χ1n) is 7.81. The van der Waals surface area contributed by atoms with Crippen LogP contribution >= 0.6 is 0 Å².